The quantitative estimate of drug-likeness (QED) is 0.151. The van der Waals surface area contributed by atoms with Crippen molar-refractivity contribution in [3.63, 3.8) is 0 Å². The van der Waals surface area contributed by atoms with Crippen LogP contribution in [-0.2, 0) is 0 Å². The fraction of sp³-hybridized carbons (Fsp3) is 0. The maximum absolute atomic E-state index is 2.45. The van der Waals surface area contributed by atoms with Gasteiger partial charge >= 0.3 is 0 Å². The van der Waals surface area contributed by atoms with E-state index < -0.39 is 0 Å². The van der Waals surface area contributed by atoms with Crippen molar-refractivity contribution in [2.75, 3.05) is 9.80 Å². The predicted octanol–water partition coefficient (Wildman–Crippen LogP) is 16.9. The molecule has 0 N–H and O–H groups in total. The van der Waals surface area contributed by atoms with Crippen LogP contribution in [0.5, 0.6) is 0 Å². The molecule has 0 spiro atoms. The summed E-state index contributed by atoms with van der Waals surface area (Å²) in [5.74, 6) is 0. The molecule has 0 unspecified atom stereocenters. The van der Waals surface area contributed by atoms with Crippen LogP contribution in [0.1, 0.15) is 0 Å². The Morgan fingerprint density at radius 1 is 0.226 bits per heavy atom. The minimum Gasteiger partial charge on any atom is -0.311 e. The first-order valence-corrected chi connectivity index (χ1v) is 21.3. The van der Waals surface area contributed by atoms with Crippen LogP contribution in [0.3, 0.4) is 0 Å². The highest BCUT2D eigenvalue weighted by Gasteiger charge is 2.27. The molecule has 10 aromatic carbocycles. The molecule has 11 rings (SSSR count). The van der Waals surface area contributed by atoms with E-state index in [9.17, 15) is 0 Å². The van der Waals surface area contributed by atoms with Crippen LogP contribution in [-0.4, -0.2) is 0 Å². The van der Waals surface area contributed by atoms with Gasteiger partial charge in [-0.2, -0.15) is 0 Å². The molecular formula is C60H42N2. The number of rotatable bonds is 8. The van der Waals surface area contributed by atoms with Crippen LogP contribution in [0.4, 0.5) is 34.1 Å². The van der Waals surface area contributed by atoms with E-state index in [1.807, 2.05) is 0 Å². The van der Waals surface area contributed by atoms with Crippen molar-refractivity contribution in [1.29, 1.82) is 0 Å². The smallest absolute Gasteiger partial charge is 0.0540 e. The third kappa shape index (κ3) is 6.94. The maximum atomic E-state index is 2.45. The summed E-state index contributed by atoms with van der Waals surface area (Å²) in [6.45, 7) is 0. The van der Waals surface area contributed by atoms with Gasteiger partial charge in [0.2, 0.25) is 0 Å². The molecule has 1 aliphatic heterocycles. The molecule has 10 aromatic rings. The highest BCUT2D eigenvalue weighted by Crippen LogP contribution is 2.52. The minimum atomic E-state index is 1.08. The first-order valence-electron chi connectivity index (χ1n) is 21.3. The van der Waals surface area contributed by atoms with E-state index in [4.69, 9.17) is 0 Å². The molecular weight excluding hydrogens is 749 g/mol. The van der Waals surface area contributed by atoms with Crippen molar-refractivity contribution in [1.82, 2.24) is 0 Å². The van der Waals surface area contributed by atoms with Gasteiger partial charge < -0.3 is 9.80 Å². The second-order valence-electron chi connectivity index (χ2n) is 15.8. The summed E-state index contributed by atoms with van der Waals surface area (Å²) in [5, 5.41) is 0. The van der Waals surface area contributed by atoms with Crippen molar-refractivity contribution < 1.29 is 0 Å². The zero-order chi connectivity index (χ0) is 41.2. The van der Waals surface area contributed by atoms with Crippen molar-refractivity contribution in [2.45, 2.75) is 0 Å². The van der Waals surface area contributed by atoms with Gasteiger partial charge in [-0.1, -0.05) is 182 Å². The molecule has 0 saturated carbocycles. The average molecular weight is 791 g/mol. The number of benzene rings is 10. The van der Waals surface area contributed by atoms with E-state index >= 15 is 0 Å². The Morgan fingerprint density at radius 2 is 0.516 bits per heavy atom. The Balaban J connectivity index is 1.05. The first-order chi connectivity index (χ1) is 30.7. The third-order valence-electron chi connectivity index (χ3n) is 12.0. The lowest BCUT2D eigenvalue weighted by Crippen LogP contribution is -2.13. The second-order valence-corrected chi connectivity index (χ2v) is 15.8. The van der Waals surface area contributed by atoms with Crippen LogP contribution in [0.2, 0.25) is 0 Å². The van der Waals surface area contributed by atoms with E-state index in [1.54, 1.807) is 0 Å². The predicted molar refractivity (Wildman–Crippen MR) is 262 cm³/mol. The Labute approximate surface area is 363 Å². The fourth-order valence-corrected chi connectivity index (χ4v) is 8.94. The lowest BCUT2D eigenvalue weighted by atomic mass is 9.91. The molecule has 0 aromatic heterocycles. The Kier molecular flexibility index (Phi) is 9.57. The van der Waals surface area contributed by atoms with E-state index in [-0.39, 0.29) is 0 Å². The number of anilines is 6. The van der Waals surface area contributed by atoms with Gasteiger partial charge in [0, 0.05) is 33.9 Å². The number of hydrogen-bond acceptors (Lipinski definition) is 2. The van der Waals surface area contributed by atoms with Gasteiger partial charge in [-0.3, -0.25) is 0 Å². The third-order valence-corrected chi connectivity index (χ3v) is 12.0. The Hall–Kier alpha value is -8.20. The zero-order valence-corrected chi connectivity index (χ0v) is 34.1. The van der Waals surface area contributed by atoms with Crippen molar-refractivity contribution >= 4 is 34.1 Å². The number of fused-ring (bicyclic) bond motifs is 5. The van der Waals surface area contributed by atoms with Gasteiger partial charge in [0.1, 0.15) is 0 Å². The van der Waals surface area contributed by atoms with Crippen LogP contribution in [0.25, 0.3) is 66.8 Å². The van der Waals surface area contributed by atoms with Crippen LogP contribution in [0, 0.1) is 0 Å². The van der Waals surface area contributed by atoms with Gasteiger partial charge in [-0.25, -0.2) is 0 Å². The topological polar surface area (TPSA) is 6.48 Å². The molecule has 292 valence electrons. The molecule has 0 bridgehead atoms. The summed E-state index contributed by atoms with van der Waals surface area (Å²) in [5.41, 5.74) is 21.0. The first kappa shape index (κ1) is 36.8. The Morgan fingerprint density at radius 3 is 0.887 bits per heavy atom. The molecule has 0 saturated heterocycles. The van der Waals surface area contributed by atoms with Crippen molar-refractivity contribution in [3.05, 3.63) is 255 Å². The molecule has 2 nitrogen and oxygen atoms in total. The van der Waals surface area contributed by atoms with E-state index in [0.717, 1.165) is 34.1 Å². The molecule has 62 heavy (non-hydrogen) atoms. The maximum Gasteiger partial charge on any atom is 0.0540 e. The summed E-state index contributed by atoms with van der Waals surface area (Å²) in [6.07, 6.45) is 0. The monoisotopic (exact) mass is 790 g/mol. The highest BCUT2D eigenvalue weighted by atomic mass is 15.2. The lowest BCUT2D eigenvalue weighted by Gasteiger charge is -2.30. The summed E-state index contributed by atoms with van der Waals surface area (Å²) in [4.78, 5) is 4.80. The van der Waals surface area contributed by atoms with E-state index in [1.165, 1.54) is 66.8 Å². The fourth-order valence-electron chi connectivity index (χ4n) is 8.94. The van der Waals surface area contributed by atoms with Crippen LogP contribution < -0.4 is 9.80 Å². The van der Waals surface area contributed by atoms with Gasteiger partial charge in [-0.05, 0) is 128 Å². The average Bonchev–Trinajstić information content (AvgIpc) is 3.48. The molecule has 2 heteroatoms. The summed E-state index contributed by atoms with van der Waals surface area (Å²) in [7, 11) is 0. The van der Waals surface area contributed by atoms with Crippen LogP contribution in [0.15, 0.2) is 255 Å². The van der Waals surface area contributed by atoms with Gasteiger partial charge in [0.15, 0.2) is 0 Å². The summed E-state index contributed by atoms with van der Waals surface area (Å²) >= 11 is 0. The molecule has 1 aliphatic rings. The lowest BCUT2D eigenvalue weighted by molar-refractivity contribution is 1.26. The van der Waals surface area contributed by atoms with E-state index in [0.29, 0.717) is 0 Å². The molecule has 0 radical (unpaired) electrons. The van der Waals surface area contributed by atoms with E-state index in [2.05, 4.69) is 265 Å². The second kappa shape index (κ2) is 16.1. The van der Waals surface area contributed by atoms with Crippen molar-refractivity contribution in [2.24, 2.45) is 0 Å². The zero-order valence-electron chi connectivity index (χ0n) is 34.1. The highest BCUT2D eigenvalue weighted by molar-refractivity contribution is 6.04. The molecule has 1 heterocycles. The largest absolute Gasteiger partial charge is 0.311 e. The standard InChI is InChI=1S/C60H42N2/c1-5-15-43(16-6-1)47-25-31-51(32-26-47)61(52-33-27-48(28-34-52)44-17-7-2-8-18-44)53-35-37-54(38-36-53)62-59-39-29-49(45-19-9-3-10-20-45)41-57(59)55-23-13-14-24-56(55)58-42-50(30-40-60(58)62)46-21-11-4-12-22-46/h1-42H. The summed E-state index contributed by atoms with van der Waals surface area (Å²) in [6, 6.07) is 92.2. The summed E-state index contributed by atoms with van der Waals surface area (Å²) < 4.78 is 0. The van der Waals surface area contributed by atoms with Gasteiger partial charge in [0.25, 0.3) is 0 Å². The Bertz CT molecular complexity index is 2930. The SMILES string of the molecule is c1ccc(-c2ccc(N(c3ccc(-c4ccccc4)cc3)c3ccc(N4c5ccc(-c6ccccc6)cc5-c5ccccc5-c5cc(-c6ccccc6)ccc54)cc3)cc2)cc1. The number of nitrogens with zero attached hydrogens (tertiary/aromatic N) is 2. The minimum absolute atomic E-state index is 1.08. The molecule has 0 fully saturated rings. The number of hydrogen-bond donors (Lipinski definition) is 0. The normalized spacial score (nSPS) is 11.5. The molecule has 0 atom stereocenters. The van der Waals surface area contributed by atoms with Crippen molar-refractivity contribution in [3.8, 4) is 66.8 Å². The van der Waals surface area contributed by atoms with Gasteiger partial charge in [-0.15, -0.1) is 0 Å². The molecule has 0 aliphatic carbocycles. The van der Waals surface area contributed by atoms with Gasteiger partial charge in [0.05, 0.1) is 11.4 Å². The molecule has 0 amide bonds. The van der Waals surface area contributed by atoms with Crippen LogP contribution >= 0.6 is 0 Å².